The number of aliphatic hydroxyl groups excluding tert-OH is 4. The van der Waals surface area contributed by atoms with Crippen LogP contribution < -0.4 is 43.6 Å². The number of nitrogens with two attached hydrogens (primary N) is 2. The predicted octanol–water partition coefficient (Wildman–Crippen LogP) is -5.66. The van der Waals surface area contributed by atoms with E-state index in [1.807, 2.05) is 16.1 Å². The maximum Gasteiger partial charge on any atom is 0.426 e. The molecule has 2 aromatic carbocycles. The van der Waals surface area contributed by atoms with Crippen LogP contribution in [0.15, 0.2) is 60.7 Å². The van der Waals surface area contributed by atoms with Crippen LogP contribution in [0.25, 0.3) is 0 Å². The molecule has 0 aliphatic carbocycles. The summed E-state index contributed by atoms with van der Waals surface area (Å²) in [6.07, 6.45) is -3.07. The molecule has 8 amide bonds. The zero-order valence-electron chi connectivity index (χ0n) is 35.0. The zero-order chi connectivity index (χ0) is 49.9. The Bertz CT molecular complexity index is 1810. The van der Waals surface area contributed by atoms with Gasteiger partial charge in [-0.3, -0.25) is 44.0 Å². The minimum Gasteiger partial charge on any atom is -0.481 e. The lowest BCUT2D eigenvalue weighted by molar-refractivity contribution is -0.144. The number of hydrazine groups is 2. The summed E-state index contributed by atoms with van der Waals surface area (Å²) in [5, 5.41) is 84.8. The molecule has 0 bridgehead atoms. The Morgan fingerprint density at radius 1 is 0.530 bits per heavy atom. The van der Waals surface area contributed by atoms with Crippen LogP contribution in [0.2, 0.25) is 0 Å². The molecule has 0 radical (unpaired) electrons. The standard InChI is InChI=1S/C20H28N4O9.C18H26N6O9/c21-12(8-11-4-2-1-3-5-11)17(29)23-14(9-25)19(31)24-15(10-26)18(30)22-13(20(32)33)6-7-16(27)28;19-23(8-11-4-2-1-3-5-11)17(31)21-12(9-25)15(29)20-13(10-26)16(30)22-24(18(32)33)7-6-14(27)28/h1-5,12-15,25-26H,6-10,21H2,(H,22,30)(H,23,29)(H,24,31)(H,27,28)(H,32,33);1-5,12-13,25-26H,6-10,19H2,(H,20,29)(H,21,31)(H,22,30)(H,27,28)(H,32,33)/t12-,13-,14-,15-;12-,13-/m00/s1. The van der Waals surface area contributed by atoms with Gasteiger partial charge >= 0.3 is 30.0 Å². The molecule has 0 heterocycles. The number of hydrogen-bond acceptors (Lipinski definition) is 16. The van der Waals surface area contributed by atoms with Gasteiger partial charge in [-0.1, -0.05) is 60.7 Å². The number of rotatable bonds is 25. The maximum atomic E-state index is 12.4. The van der Waals surface area contributed by atoms with E-state index in [2.05, 4.69) is 16.0 Å². The van der Waals surface area contributed by atoms with Crippen molar-refractivity contribution < 1.29 is 88.8 Å². The van der Waals surface area contributed by atoms with Gasteiger partial charge in [-0.25, -0.2) is 25.2 Å². The quantitative estimate of drug-likeness (QED) is 0.0251. The molecule has 0 unspecified atom stereocenters. The van der Waals surface area contributed by atoms with E-state index < -0.39 is 148 Å². The molecule has 0 aliphatic heterocycles. The molecule has 0 saturated heterocycles. The number of nitrogens with zero attached hydrogens (tertiary/aromatic N) is 2. The van der Waals surface area contributed by atoms with Crippen molar-refractivity contribution >= 4 is 59.6 Å². The third-order valence-electron chi connectivity index (χ3n) is 8.62. The van der Waals surface area contributed by atoms with Crippen LogP contribution in [0.3, 0.4) is 0 Å². The highest BCUT2D eigenvalue weighted by molar-refractivity contribution is 5.95. The Kier molecular flexibility index (Phi) is 25.5. The van der Waals surface area contributed by atoms with Crippen LogP contribution in [0.1, 0.15) is 30.4 Å². The van der Waals surface area contributed by atoms with Crippen molar-refractivity contribution in [3.05, 3.63) is 71.8 Å². The summed E-state index contributed by atoms with van der Waals surface area (Å²) < 4.78 is 0. The third kappa shape index (κ3) is 21.2. The molecule has 0 spiro atoms. The van der Waals surface area contributed by atoms with Crippen LogP contribution in [0, 0.1) is 0 Å². The summed E-state index contributed by atoms with van der Waals surface area (Å²) >= 11 is 0. The number of carboxylic acids is 3. The lowest BCUT2D eigenvalue weighted by Crippen LogP contribution is -2.60. The predicted molar refractivity (Wildman–Crippen MR) is 222 cm³/mol. The van der Waals surface area contributed by atoms with Gasteiger partial charge in [0.25, 0.3) is 5.91 Å². The van der Waals surface area contributed by atoms with Crippen LogP contribution in [-0.4, -0.2) is 180 Å². The second-order valence-electron chi connectivity index (χ2n) is 13.7. The first-order valence-corrected chi connectivity index (χ1v) is 19.5. The summed E-state index contributed by atoms with van der Waals surface area (Å²) in [6.45, 7) is -4.21. The zero-order valence-corrected chi connectivity index (χ0v) is 35.0. The van der Waals surface area contributed by atoms with Gasteiger partial charge in [0, 0.05) is 6.42 Å². The molecule has 2 rings (SSSR count). The Balaban J connectivity index is 0.000000660. The molecule has 0 fully saturated rings. The monoisotopic (exact) mass is 938 g/mol. The average molecular weight is 939 g/mol. The molecule has 0 aliphatic rings. The third-order valence-corrected chi connectivity index (χ3v) is 8.62. The number of carbonyl (C=O) groups excluding carboxylic acids is 6. The Morgan fingerprint density at radius 2 is 0.939 bits per heavy atom. The SMILES string of the molecule is NN(Cc1ccccc1)C(=O)N[C@@H](CO)C(=O)N[C@@H](CO)C(=O)NN(CCC(=O)O)C(=O)O.N[C@@H](Cc1ccccc1)C(=O)N[C@@H](CO)C(=O)N[C@@H](CO)C(=O)N[C@@H](CCC(=O)O)C(=O)O. The molecule has 6 atom stereocenters. The summed E-state index contributed by atoms with van der Waals surface area (Å²) in [5.74, 6) is -3.52. The van der Waals surface area contributed by atoms with E-state index in [1.54, 1.807) is 60.7 Å². The van der Waals surface area contributed by atoms with E-state index in [0.717, 1.165) is 10.6 Å². The van der Waals surface area contributed by atoms with Crippen molar-refractivity contribution in [2.45, 2.75) is 68.5 Å². The summed E-state index contributed by atoms with van der Waals surface area (Å²) in [4.78, 5) is 117. The number of carboxylic acid groups (broad SMARTS) is 4. The molecule has 0 aromatic heterocycles. The smallest absolute Gasteiger partial charge is 0.426 e. The number of aliphatic hydroxyl groups is 4. The normalized spacial score (nSPS) is 13.2. The molecule has 28 heteroatoms. The van der Waals surface area contributed by atoms with Gasteiger partial charge < -0.3 is 73.2 Å². The van der Waals surface area contributed by atoms with Gasteiger partial charge in [-0.2, -0.15) is 0 Å². The highest BCUT2D eigenvalue weighted by atomic mass is 16.4. The number of urea groups is 1. The van der Waals surface area contributed by atoms with E-state index in [4.69, 9.17) is 32.0 Å². The second kappa shape index (κ2) is 29.8. The fourth-order valence-corrected chi connectivity index (χ4v) is 5.06. The van der Waals surface area contributed by atoms with Gasteiger partial charge in [0.05, 0.1) is 52.0 Å². The highest BCUT2D eigenvalue weighted by Gasteiger charge is 2.31. The average Bonchev–Trinajstić information content (AvgIpc) is 3.28. The Hall–Kier alpha value is -7.50. The molecule has 28 nitrogen and oxygen atoms in total. The van der Waals surface area contributed by atoms with Crippen LogP contribution in [-0.2, 0) is 51.3 Å². The van der Waals surface area contributed by atoms with E-state index in [1.165, 1.54) is 0 Å². The molecule has 2 aromatic rings. The Labute approximate surface area is 374 Å². The Morgan fingerprint density at radius 3 is 1.36 bits per heavy atom. The first kappa shape index (κ1) is 56.5. The van der Waals surface area contributed by atoms with E-state index in [9.17, 15) is 68.4 Å². The number of benzene rings is 2. The topological polar surface area (TPSA) is 463 Å². The number of hydrogen-bond donors (Lipinski definition) is 16. The van der Waals surface area contributed by atoms with Gasteiger partial charge in [0.2, 0.25) is 23.6 Å². The largest absolute Gasteiger partial charge is 0.481 e. The lowest BCUT2D eigenvalue weighted by atomic mass is 10.1. The summed E-state index contributed by atoms with van der Waals surface area (Å²) in [6, 6.07) is 7.65. The number of carbonyl (C=O) groups is 10. The van der Waals surface area contributed by atoms with Gasteiger partial charge in [0.1, 0.15) is 30.2 Å². The van der Waals surface area contributed by atoms with Crippen LogP contribution in [0.5, 0.6) is 0 Å². The van der Waals surface area contributed by atoms with Crippen molar-refractivity contribution in [1.29, 1.82) is 0 Å². The second-order valence-corrected chi connectivity index (χ2v) is 13.7. The fraction of sp³-hybridized carbons (Fsp3) is 0.421. The van der Waals surface area contributed by atoms with Crippen molar-refractivity contribution in [3.63, 3.8) is 0 Å². The minimum absolute atomic E-state index is 0.00449. The van der Waals surface area contributed by atoms with E-state index in [0.29, 0.717) is 5.56 Å². The fourth-order valence-electron chi connectivity index (χ4n) is 5.06. The molecule has 0 saturated carbocycles. The van der Waals surface area contributed by atoms with E-state index >= 15 is 0 Å². The summed E-state index contributed by atoms with van der Waals surface area (Å²) in [5.41, 5.74) is 9.16. The lowest BCUT2D eigenvalue weighted by Gasteiger charge is -2.25. The number of amides is 8. The molecule has 18 N–H and O–H groups in total. The number of aliphatic carboxylic acids is 3. The summed E-state index contributed by atoms with van der Waals surface area (Å²) in [7, 11) is 0. The van der Waals surface area contributed by atoms with Crippen molar-refractivity contribution in [2.75, 3.05) is 33.0 Å². The number of nitrogens with one attached hydrogen (secondary N) is 6. The molecule has 364 valence electrons. The van der Waals surface area contributed by atoms with E-state index in [-0.39, 0.29) is 18.0 Å². The molecule has 66 heavy (non-hydrogen) atoms. The highest BCUT2D eigenvalue weighted by Crippen LogP contribution is 2.05. The first-order chi connectivity index (χ1) is 31.2. The van der Waals surface area contributed by atoms with Gasteiger partial charge in [-0.05, 0) is 24.0 Å². The van der Waals surface area contributed by atoms with Crippen molar-refractivity contribution in [1.82, 2.24) is 42.0 Å². The van der Waals surface area contributed by atoms with Crippen molar-refractivity contribution in [3.8, 4) is 0 Å². The minimum atomic E-state index is -1.67. The van der Waals surface area contributed by atoms with Crippen molar-refractivity contribution in [2.24, 2.45) is 11.6 Å². The molecular weight excluding hydrogens is 884 g/mol. The maximum absolute atomic E-state index is 12.4. The molecular formula is C38H54N10O18. The van der Waals surface area contributed by atoms with Crippen LogP contribution >= 0.6 is 0 Å². The van der Waals surface area contributed by atoms with Gasteiger partial charge in [-0.15, -0.1) is 0 Å². The first-order valence-electron chi connectivity index (χ1n) is 19.5. The van der Waals surface area contributed by atoms with Gasteiger partial charge in [0.15, 0.2) is 0 Å². The van der Waals surface area contributed by atoms with Crippen LogP contribution in [0.4, 0.5) is 9.59 Å².